The van der Waals surface area contributed by atoms with Gasteiger partial charge < -0.3 is 0 Å². The lowest BCUT2D eigenvalue weighted by Crippen LogP contribution is -1.82. The van der Waals surface area contributed by atoms with Crippen molar-refractivity contribution in [1.82, 2.24) is 9.97 Å². The third kappa shape index (κ3) is 2.56. The summed E-state index contributed by atoms with van der Waals surface area (Å²) in [5, 5.41) is 3.15. The number of thiazole rings is 1. The highest BCUT2D eigenvalue weighted by molar-refractivity contribution is 7.13. The molecule has 3 heteroatoms. The fourth-order valence-electron chi connectivity index (χ4n) is 1.94. The highest BCUT2D eigenvalue weighted by Gasteiger charge is 2.06. The van der Waals surface area contributed by atoms with Gasteiger partial charge in [-0.05, 0) is 24.1 Å². The molecule has 0 aliphatic heterocycles. The third-order valence-electron chi connectivity index (χ3n) is 3.09. The summed E-state index contributed by atoms with van der Waals surface area (Å²) < 4.78 is 0. The van der Waals surface area contributed by atoms with Crippen molar-refractivity contribution in [1.29, 1.82) is 0 Å². The number of aromatic nitrogens is 2. The molecule has 0 spiro atoms. The normalized spacial score (nSPS) is 10.6. The summed E-state index contributed by atoms with van der Waals surface area (Å²) in [6.07, 6.45) is 4.67. The lowest BCUT2D eigenvalue weighted by molar-refractivity contribution is 1.14. The number of nitrogens with zero attached hydrogens (tertiary/aromatic N) is 2. The Kier molecular flexibility index (Phi) is 3.38. The van der Waals surface area contributed by atoms with Gasteiger partial charge in [0.25, 0.3) is 0 Å². The summed E-state index contributed by atoms with van der Waals surface area (Å²) >= 11 is 1.67. The van der Waals surface area contributed by atoms with Crippen LogP contribution in [0.1, 0.15) is 12.5 Å². The highest BCUT2D eigenvalue weighted by Crippen LogP contribution is 2.28. The number of hydrogen-bond acceptors (Lipinski definition) is 3. The summed E-state index contributed by atoms with van der Waals surface area (Å²) in [6.45, 7) is 2.17. The molecule has 0 atom stereocenters. The minimum Gasteiger partial charge on any atom is -0.265 e. The van der Waals surface area contributed by atoms with Crippen LogP contribution in [0.25, 0.3) is 21.8 Å². The smallest absolute Gasteiger partial charge is 0.124 e. The van der Waals surface area contributed by atoms with Crippen molar-refractivity contribution >= 4 is 11.3 Å². The minimum absolute atomic E-state index is 1.04. The number of hydrogen-bond donors (Lipinski definition) is 0. The molecule has 2 heterocycles. The molecule has 19 heavy (non-hydrogen) atoms. The van der Waals surface area contributed by atoms with E-state index in [0.29, 0.717) is 0 Å². The molecule has 0 aliphatic rings. The fraction of sp³-hybridized carbons (Fsp3) is 0.125. The van der Waals surface area contributed by atoms with Gasteiger partial charge in [0.05, 0.1) is 5.69 Å². The second-order valence-electron chi connectivity index (χ2n) is 4.32. The highest BCUT2D eigenvalue weighted by atomic mass is 32.1. The largest absolute Gasteiger partial charge is 0.265 e. The Hall–Kier alpha value is -2.00. The van der Waals surface area contributed by atoms with E-state index in [2.05, 4.69) is 41.6 Å². The Morgan fingerprint density at radius 1 is 0.947 bits per heavy atom. The van der Waals surface area contributed by atoms with Crippen LogP contribution in [-0.4, -0.2) is 9.97 Å². The van der Waals surface area contributed by atoms with Crippen molar-refractivity contribution in [3.63, 3.8) is 0 Å². The van der Waals surface area contributed by atoms with Crippen molar-refractivity contribution in [2.75, 3.05) is 0 Å². The number of rotatable bonds is 3. The van der Waals surface area contributed by atoms with E-state index in [-0.39, 0.29) is 0 Å². The molecule has 3 aromatic rings. The monoisotopic (exact) mass is 266 g/mol. The maximum atomic E-state index is 4.70. The standard InChI is InChI=1S/C16H14N2S/c1-2-12-3-5-13(6-4-12)15-11-19-16(18-15)14-7-9-17-10-8-14/h3-11H,2H2,1H3. The third-order valence-corrected chi connectivity index (χ3v) is 3.98. The van der Waals surface area contributed by atoms with Crippen LogP contribution in [0.5, 0.6) is 0 Å². The minimum atomic E-state index is 1.04. The van der Waals surface area contributed by atoms with E-state index in [4.69, 9.17) is 4.98 Å². The molecular formula is C16H14N2S. The van der Waals surface area contributed by atoms with Gasteiger partial charge in [0.1, 0.15) is 5.01 Å². The Bertz CT molecular complexity index is 657. The molecule has 1 aromatic carbocycles. The van der Waals surface area contributed by atoms with E-state index < -0.39 is 0 Å². The summed E-state index contributed by atoms with van der Waals surface area (Å²) in [7, 11) is 0. The van der Waals surface area contributed by atoms with E-state index in [9.17, 15) is 0 Å². The molecule has 0 N–H and O–H groups in total. The molecule has 0 unspecified atom stereocenters. The zero-order chi connectivity index (χ0) is 13.1. The van der Waals surface area contributed by atoms with Crippen LogP contribution >= 0.6 is 11.3 Å². The molecule has 0 saturated heterocycles. The molecule has 0 fully saturated rings. The zero-order valence-corrected chi connectivity index (χ0v) is 11.5. The molecule has 2 nitrogen and oxygen atoms in total. The maximum absolute atomic E-state index is 4.70. The lowest BCUT2D eigenvalue weighted by Gasteiger charge is -1.99. The predicted molar refractivity (Wildman–Crippen MR) is 80.2 cm³/mol. The van der Waals surface area contributed by atoms with Crippen LogP contribution in [0.4, 0.5) is 0 Å². The van der Waals surface area contributed by atoms with Gasteiger partial charge in [0.2, 0.25) is 0 Å². The Morgan fingerprint density at radius 3 is 2.37 bits per heavy atom. The fourth-order valence-corrected chi connectivity index (χ4v) is 2.78. The topological polar surface area (TPSA) is 25.8 Å². The first-order chi connectivity index (χ1) is 9.36. The van der Waals surface area contributed by atoms with E-state index in [0.717, 1.165) is 22.7 Å². The summed E-state index contributed by atoms with van der Waals surface area (Å²) in [6, 6.07) is 12.6. The summed E-state index contributed by atoms with van der Waals surface area (Å²) in [4.78, 5) is 8.73. The second-order valence-corrected chi connectivity index (χ2v) is 5.18. The zero-order valence-electron chi connectivity index (χ0n) is 10.7. The van der Waals surface area contributed by atoms with Gasteiger partial charge in [-0.2, -0.15) is 0 Å². The Morgan fingerprint density at radius 2 is 1.68 bits per heavy atom. The first-order valence-electron chi connectivity index (χ1n) is 6.32. The van der Waals surface area contributed by atoms with Crippen LogP contribution < -0.4 is 0 Å². The molecule has 0 aliphatic carbocycles. The Balaban J connectivity index is 1.92. The summed E-state index contributed by atoms with van der Waals surface area (Å²) in [5.74, 6) is 0. The van der Waals surface area contributed by atoms with Crippen molar-refractivity contribution in [3.05, 3.63) is 59.7 Å². The number of pyridine rings is 1. The van der Waals surface area contributed by atoms with Gasteiger partial charge in [-0.25, -0.2) is 4.98 Å². The SMILES string of the molecule is CCc1ccc(-c2csc(-c3ccncc3)n2)cc1. The van der Waals surface area contributed by atoms with Crippen molar-refractivity contribution in [2.45, 2.75) is 13.3 Å². The average molecular weight is 266 g/mol. The predicted octanol–water partition coefficient (Wildman–Crippen LogP) is 4.43. The Labute approximate surface area is 116 Å². The van der Waals surface area contributed by atoms with Crippen LogP contribution in [0.2, 0.25) is 0 Å². The first kappa shape index (κ1) is 12.1. The van der Waals surface area contributed by atoms with Gasteiger partial charge >= 0.3 is 0 Å². The van der Waals surface area contributed by atoms with Crippen LogP contribution in [0, 0.1) is 0 Å². The summed E-state index contributed by atoms with van der Waals surface area (Å²) in [5.41, 5.74) is 4.69. The number of aryl methyl sites for hydroxylation is 1. The lowest BCUT2D eigenvalue weighted by atomic mass is 10.1. The van der Waals surface area contributed by atoms with Crippen molar-refractivity contribution in [3.8, 4) is 21.8 Å². The molecular weight excluding hydrogens is 252 g/mol. The van der Waals surface area contributed by atoms with Crippen molar-refractivity contribution < 1.29 is 0 Å². The number of benzene rings is 1. The quantitative estimate of drug-likeness (QED) is 0.700. The molecule has 0 radical (unpaired) electrons. The van der Waals surface area contributed by atoms with Crippen molar-refractivity contribution in [2.24, 2.45) is 0 Å². The van der Waals surface area contributed by atoms with Gasteiger partial charge in [0.15, 0.2) is 0 Å². The van der Waals surface area contributed by atoms with Gasteiger partial charge in [-0.3, -0.25) is 4.98 Å². The van der Waals surface area contributed by atoms with Crippen LogP contribution in [0.15, 0.2) is 54.2 Å². The molecule has 3 rings (SSSR count). The van der Waals surface area contributed by atoms with Gasteiger partial charge in [0, 0.05) is 28.9 Å². The molecule has 0 amide bonds. The van der Waals surface area contributed by atoms with E-state index in [1.165, 1.54) is 11.1 Å². The van der Waals surface area contributed by atoms with E-state index >= 15 is 0 Å². The molecule has 94 valence electrons. The average Bonchev–Trinajstić information content (AvgIpc) is 2.98. The molecule has 0 bridgehead atoms. The van der Waals surface area contributed by atoms with Crippen LogP contribution in [-0.2, 0) is 6.42 Å². The van der Waals surface area contributed by atoms with Crippen LogP contribution in [0.3, 0.4) is 0 Å². The second kappa shape index (κ2) is 5.33. The van der Waals surface area contributed by atoms with E-state index in [1.807, 2.05) is 12.1 Å². The van der Waals surface area contributed by atoms with Gasteiger partial charge in [-0.1, -0.05) is 31.2 Å². The maximum Gasteiger partial charge on any atom is 0.124 e. The first-order valence-corrected chi connectivity index (χ1v) is 7.20. The van der Waals surface area contributed by atoms with Gasteiger partial charge in [-0.15, -0.1) is 11.3 Å². The van der Waals surface area contributed by atoms with E-state index in [1.54, 1.807) is 23.7 Å². The molecule has 2 aromatic heterocycles. The molecule has 0 saturated carbocycles.